The number of nitrogens with zero attached hydrogens (tertiary/aromatic N) is 4. The molecule has 15 heavy (non-hydrogen) atoms. The van der Waals surface area contributed by atoms with E-state index in [4.69, 9.17) is 5.73 Å². The summed E-state index contributed by atoms with van der Waals surface area (Å²) in [5.74, 6) is 2.04. The molecule has 1 aliphatic heterocycles. The maximum atomic E-state index is 5.69. The number of thioether (sulfide) groups is 1. The van der Waals surface area contributed by atoms with E-state index in [2.05, 4.69) is 15.3 Å². The first-order valence-corrected chi connectivity index (χ1v) is 6.16. The maximum absolute atomic E-state index is 5.69. The Labute approximate surface area is 94.0 Å². The van der Waals surface area contributed by atoms with Gasteiger partial charge in [-0.3, -0.25) is 0 Å². The van der Waals surface area contributed by atoms with Gasteiger partial charge in [0.1, 0.15) is 5.84 Å². The fourth-order valence-electron chi connectivity index (χ4n) is 1.30. The van der Waals surface area contributed by atoms with E-state index in [1.165, 1.54) is 0 Å². The van der Waals surface area contributed by atoms with Crippen LogP contribution in [0.25, 0.3) is 10.7 Å². The van der Waals surface area contributed by atoms with E-state index in [9.17, 15) is 0 Å². The Kier molecular flexibility index (Phi) is 2.00. The van der Waals surface area contributed by atoms with Crippen molar-refractivity contribution in [1.29, 1.82) is 0 Å². The largest absolute Gasteiger partial charge is 0.385 e. The number of amidine groups is 1. The molecule has 0 radical (unpaired) electrons. The van der Waals surface area contributed by atoms with Gasteiger partial charge in [-0.15, -0.1) is 21.5 Å². The number of hydrogen-bond acceptors (Lipinski definition) is 6. The highest BCUT2D eigenvalue weighted by Gasteiger charge is 2.18. The molecule has 0 spiro atoms. The molecule has 5 nitrogen and oxygen atoms in total. The van der Waals surface area contributed by atoms with E-state index < -0.39 is 0 Å². The van der Waals surface area contributed by atoms with Crippen molar-refractivity contribution in [2.75, 3.05) is 5.75 Å². The van der Waals surface area contributed by atoms with Crippen LogP contribution >= 0.6 is 23.1 Å². The second-order valence-electron chi connectivity index (χ2n) is 2.98. The monoisotopic (exact) mass is 237 g/mol. The summed E-state index contributed by atoms with van der Waals surface area (Å²) in [6.45, 7) is 0. The zero-order valence-electron chi connectivity index (χ0n) is 7.62. The minimum atomic E-state index is 0.602. The van der Waals surface area contributed by atoms with Crippen LogP contribution in [0.4, 0.5) is 0 Å². The van der Waals surface area contributed by atoms with Crippen molar-refractivity contribution in [3.63, 3.8) is 0 Å². The van der Waals surface area contributed by atoms with E-state index in [0.29, 0.717) is 11.6 Å². The molecule has 1 aliphatic rings. The van der Waals surface area contributed by atoms with Gasteiger partial charge in [0.25, 0.3) is 0 Å². The molecule has 2 aromatic rings. The highest BCUT2D eigenvalue weighted by molar-refractivity contribution is 7.99. The van der Waals surface area contributed by atoms with Crippen molar-refractivity contribution >= 4 is 28.9 Å². The summed E-state index contributed by atoms with van der Waals surface area (Å²) in [6.07, 6.45) is 0. The molecule has 3 rings (SSSR count). The molecule has 2 aromatic heterocycles. The highest BCUT2D eigenvalue weighted by atomic mass is 32.2. The Morgan fingerprint density at radius 2 is 2.33 bits per heavy atom. The molecule has 7 heteroatoms. The number of rotatable bonds is 1. The molecule has 0 saturated heterocycles. The standard InChI is InChI=1S/C8H7N5S2/c9-6-4-15-8-11-10-7(13(8)12-6)5-2-1-3-14-5/h1-3H,4H2,(H2,9,12). The summed E-state index contributed by atoms with van der Waals surface area (Å²) in [6, 6.07) is 3.97. The molecular formula is C8H7N5S2. The first-order chi connectivity index (χ1) is 7.34. The SMILES string of the molecule is NC1=Nn2c(nnc2-c2cccs2)SC1. The summed E-state index contributed by atoms with van der Waals surface area (Å²) in [7, 11) is 0. The molecule has 0 unspecified atom stereocenters. The normalized spacial score (nSPS) is 14.8. The second-order valence-corrected chi connectivity index (χ2v) is 4.87. The summed E-state index contributed by atoms with van der Waals surface area (Å²) in [5, 5.41) is 15.2. The van der Waals surface area contributed by atoms with Gasteiger partial charge < -0.3 is 5.73 Å². The van der Waals surface area contributed by atoms with Gasteiger partial charge in [0.2, 0.25) is 5.16 Å². The number of hydrogen-bond donors (Lipinski definition) is 1. The Balaban J connectivity index is 2.16. The second kappa shape index (κ2) is 3.35. The number of fused-ring (bicyclic) bond motifs is 1. The average Bonchev–Trinajstić information content (AvgIpc) is 2.83. The van der Waals surface area contributed by atoms with Gasteiger partial charge in [0.05, 0.1) is 10.6 Å². The number of thiophene rings is 1. The predicted octanol–water partition coefficient (Wildman–Crippen LogP) is 1.23. The van der Waals surface area contributed by atoms with Crippen LogP contribution in [-0.2, 0) is 0 Å². The Morgan fingerprint density at radius 3 is 3.13 bits per heavy atom. The van der Waals surface area contributed by atoms with Crippen LogP contribution in [0.2, 0.25) is 0 Å². The van der Waals surface area contributed by atoms with Gasteiger partial charge in [0, 0.05) is 0 Å². The first kappa shape index (κ1) is 8.93. The minimum Gasteiger partial charge on any atom is -0.385 e. The van der Waals surface area contributed by atoms with E-state index in [1.807, 2.05) is 17.5 Å². The zero-order chi connectivity index (χ0) is 10.3. The van der Waals surface area contributed by atoms with Gasteiger partial charge in [-0.25, -0.2) is 0 Å². The Bertz CT molecular complexity index is 513. The van der Waals surface area contributed by atoms with Crippen LogP contribution in [0.3, 0.4) is 0 Å². The van der Waals surface area contributed by atoms with E-state index >= 15 is 0 Å². The third-order valence-electron chi connectivity index (χ3n) is 1.93. The lowest BCUT2D eigenvalue weighted by molar-refractivity contribution is 0.761. The molecule has 0 atom stereocenters. The first-order valence-electron chi connectivity index (χ1n) is 4.30. The molecular weight excluding hydrogens is 230 g/mol. The maximum Gasteiger partial charge on any atom is 0.212 e. The Morgan fingerprint density at radius 1 is 1.40 bits per heavy atom. The molecule has 0 aliphatic carbocycles. The van der Waals surface area contributed by atoms with Gasteiger partial charge in [-0.1, -0.05) is 17.8 Å². The van der Waals surface area contributed by atoms with Crippen LogP contribution < -0.4 is 5.73 Å². The van der Waals surface area contributed by atoms with Crippen molar-refractivity contribution in [1.82, 2.24) is 14.9 Å². The molecule has 3 heterocycles. The van der Waals surface area contributed by atoms with E-state index in [1.54, 1.807) is 27.8 Å². The highest BCUT2D eigenvalue weighted by Crippen LogP contribution is 2.28. The zero-order valence-corrected chi connectivity index (χ0v) is 9.25. The molecule has 0 amide bonds. The molecule has 0 aromatic carbocycles. The third kappa shape index (κ3) is 1.44. The fraction of sp³-hybridized carbons (Fsp3) is 0.125. The van der Waals surface area contributed by atoms with Crippen molar-refractivity contribution in [2.24, 2.45) is 10.8 Å². The van der Waals surface area contributed by atoms with Crippen molar-refractivity contribution in [3.8, 4) is 10.7 Å². The predicted molar refractivity (Wildman–Crippen MR) is 61.1 cm³/mol. The van der Waals surface area contributed by atoms with Gasteiger partial charge in [-0.2, -0.15) is 9.78 Å². The third-order valence-corrected chi connectivity index (χ3v) is 3.75. The van der Waals surface area contributed by atoms with Crippen LogP contribution in [0.1, 0.15) is 0 Å². The van der Waals surface area contributed by atoms with Crippen LogP contribution in [0.15, 0.2) is 27.8 Å². The van der Waals surface area contributed by atoms with Crippen LogP contribution in [0.5, 0.6) is 0 Å². The molecule has 2 N–H and O–H groups in total. The summed E-state index contributed by atoms with van der Waals surface area (Å²) in [4.78, 5) is 1.05. The molecule has 0 fully saturated rings. The average molecular weight is 237 g/mol. The number of nitrogens with two attached hydrogens (primary N) is 1. The Hall–Kier alpha value is -1.34. The molecule has 0 saturated carbocycles. The van der Waals surface area contributed by atoms with Crippen molar-refractivity contribution < 1.29 is 0 Å². The fourth-order valence-corrected chi connectivity index (χ4v) is 2.68. The van der Waals surface area contributed by atoms with Crippen LogP contribution in [0, 0.1) is 0 Å². The smallest absolute Gasteiger partial charge is 0.212 e. The van der Waals surface area contributed by atoms with Crippen molar-refractivity contribution in [2.45, 2.75) is 5.16 Å². The summed E-state index contributed by atoms with van der Waals surface area (Å²) < 4.78 is 1.70. The van der Waals surface area contributed by atoms with Gasteiger partial charge in [-0.05, 0) is 11.4 Å². The topological polar surface area (TPSA) is 69.1 Å². The van der Waals surface area contributed by atoms with Crippen LogP contribution in [-0.4, -0.2) is 26.5 Å². The van der Waals surface area contributed by atoms with E-state index in [0.717, 1.165) is 15.9 Å². The molecule has 76 valence electrons. The molecule has 0 bridgehead atoms. The lowest BCUT2D eigenvalue weighted by atomic mass is 10.4. The van der Waals surface area contributed by atoms with Gasteiger partial charge in [0.15, 0.2) is 5.82 Å². The minimum absolute atomic E-state index is 0.602. The quantitative estimate of drug-likeness (QED) is 0.810. The summed E-state index contributed by atoms with van der Waals surface area (Å²) in [5.41, 5.74) is 5.69. The summed E-state index contributed by atoms with van der Waals surface area (Å²) >= 11 is 3.17. The van der Waals surface area contributed by atoms with E-state index in [-0.39, 0.29) is 0 Å². The lowest BCUT2D eigenvalue weighted by Crippen LogP contribution is -2.20. The van der Waals surface area contributed by atoms with Crippen molar-refractivity contribution in [3.05, 3.63) is 17.5 Å². The van der Waals surface area contributed by atoms with Gasteiger partial charge >= 0.3 is 0 Å². The lowest BCUT2D eigenvalue weighted by Gasteiger charge is -2.09. The number of aromatic nitrogens is 3.